The SMILES string of the molecule is COc1ccc(Cl)c2sc(N(CCCN(C)C)C(=O)c3ccc(S(=O)(=O)N4CCCCCC4)cc3)nc12. The molecular weight excluding hydrogens is 532 g/mol. The van der Waals surface area contributed by atoms with Crippen LogP contribution in [-0.2, 0) is 10.0 Å². The van der Waals surface area contributed by atoms with Crippen LogP contribution >= 0.6 is 22.9 Å². The molecule has 0 bridgehead atoms. The molecule has 1 saturated heterocycles. The van der Waals surface area contributed by atoms with Crippen LogP contribution in [0.3, 0.4) is 0 Å². The summed E-state index contributed by atoms with van der Waals surface area (Å²) in [5, 5.41) is 1.06. The molecule has 0 unspecified atom stereocenters. The van der Waals surface area contributed by atoms with Gasteiger partial charge < -0.3 is 9.64 Å². The summed E-state index contributed by atoms with van der Waals surface area (Å²) in [5.74, 6) is 0.345. The van der Waals surface area contributed by atoms with Gasteiger partial charge >= 0.3 is 0 Å². The normalized spacial score (nSPS) is 15.2. The van der Waals surface area contributed by atoms with E-state index in [1.807, 2.05) is 14.1 Å². The number of thiazole rings is 1. The van der Waals surface area contributed by atoms with E-state index in [-0.39, 0.29) is 10.8 Å². The van der Waals surface area contributed by atoms with E-state index in [0.717, 1.165) is 43.3 Å². The van der Waals surface area contributed by atoms with Crippen LogP contribution in [-0.4, -0.2) is 75.9 Å². The van der Waals surface area contributed by atoms with Crippen molar-refractivity contribution >= 4 is 54.2 Å². The number of carbonyl (C=O) groups is 1. The van der Waals surface area contributed by atoms with Gasteiger partial charge in [0.1, 0.15) is 11.3 Å². The second kappa shape index (κ2) is 12.1. The molecule has 4 rings (SSSR count). The van der Waals surface area contributed by atoms with Crippen LogP contribution in [0, 0.1) is 0 Å². The summed E-state index contributed by atoms with van der Waals surface area (Å²) in [7, 11) is 1.95. The third-order valence-electron chi connectivity index (χ3n) is 6.43. The van der Waals surface area contributed by atoms with Gasteiger partial charge in [-0.3, -0.25) is 9.69 Å². The van der Waals surface area contributed by atoms with Gasteiger partial charge in [0, 0.05) is 25.2 Å². The van der Waals surface area contributed by atoms with E-state index in [1.165, 1.54) is 23.5 Å². The first-order chi connectivity index (χ1) is 17.7. The molecule has 8 nitrogen and oxygen atoms in total. The highest BCUT2D eigenvalue weighted by Gasteiger charge is 2.27. The summed E-state index contributed by atoms with van der Waals surface area (Å²) in [5.41, 5.74) is 1.01. The summed E-state index contributed by atoms with van der Waals surface area (Å²) in [6, 6.07) is 9.76. The Morgan fingerprint density at radius 3 is 2.35 bits per heavy atom. The number of hydrogen-bond acceptors (Lipinski definition) is 7. The number of carbonyl (C=O) groups excluding carboxylic acids is 1. The number of ether oxygens (including phenoxy) is 1. The molecular formula is C26H33ClN4O4S2. The summed E-state index contributed by atoms with van der Waals surface area (Å²) in [6.45, 7) is 2.31. The maximum Gasteiger partial charge on any atom is 0.260 e. The topological polar surface area (TPSA) is 83.0 Å². The Hall–Kier alpha value is -2.24. The van der Waals surface area contributed by atoms with Gasteiger partial charge in [0.2, 0.25) is 10.0 Å². The van der Waals surface area contributed by atoms with Gasteiger partial charge in [-0.1, -0.05) is 35.8 Å². The summed E-state index contributed by atoms with van der Waals surface area (Å²) >= 11 is 7.76. The minimum absolute atomic E-state index is 0.210. The van der Waals surface area contributed by atoms with Crippen LogP contribution in [0.25, 0.3) is 10.2 Å². The van der Waals surface area contributed by atoms with Crippen LogP contribution in [0.15, 0.2) is 41.3 Å². The molecule has 0 saturated carbocycles. The highest BCUT2D eigenvalue weighted by molar-refractivity contribution is 7.89. The molecule has 37 heavy (non-hydrogen) atoms. The number of nitrogens with zero attached hydrogens (tertiary/aromatic N) is 4. The molecule has 2 heterocycles. The van der Waals surface area contributed by atoms with Crippen molar-refractivity contribution in [1.82, 2.24) is 14.2 Å². The van der Waals surface area contributed by atoms with Crippen molar-refractivity contribution in [1.29, 1.82) is 0 Å². The molecule has 0 N–H and O–H groups in total. The minimum Gasteiger partial charge on any atom is -0.494 e. The molecule has 200 valence electrons. The third-order valence-corrected chi connectivity index (χ3v) is 9.89. The first-order valence-electron chi connectivity index (χ1n) is 12.4. The maximum atomic E-state index is 13.7. The van der Waals surface area contributed by atoms with Crippen molar-refractivity contribution in [2.75, 3.05) is 52.3 Å². The van der Waals surface area contributed by atoms with Crippen LogP contribution in [0.2, 0.25) is 5.02 Å². The van der Waals surface area contributed by atoms with Gasteiger partial charge in [0.15, 0.2) is 5.13 Å². The van der Waals surface area contributed by atoms with Gasteiger partial charge in [0.25, 0.3) is 5.91 Å². The lowest BCUT2D eigenvalue weighted by atomic mass is 10.2. The van der Waals surface area contributed by atoms with Gasteiger partial charge in [-0.05, 0) is 76.3 Å². The van der Waals surface area contributed by atoms with E-state index in [2.05, 4.69) is 4.90 Å². The van der Waals surface area contributed by atoms with Gasteiger partial charge in [-0.25, -0.2) is 13.4 Å². The number of hydrogen-bond donors (Lipinski definition) is 0. The van der Waals surface area contributed by atoms with Crippen LogP contribution in [0.1, 0.15) is 42.5 Å². The Bertz CT molecular complexity index is 1330. The van der Waals surface area contributed by atoms with Crippen molar-refractivity contribution in [2.45, 2.75) is 37.0 Å². The second-order valence-electron chi connectivity index (χ2n) is 9.38. The van der Waals surface area contributed by atoms with Crippen molar-refractivity contribution in [3.8, 4) is 5.75 Å². The number of methoxy groups -OCH3 is 1. The molecule has 1 aromatic heterocycles. The fourth-order valence-corrected chi connectivity index (χ4v) is 7.20. The highest BCUT2D eigenvalue weighted by atomic mass is 35.5. The number of aromatic nitrogens is 1. The van der Waals surface area contributed by atoms with Crippen molar-refractivity contribution < 1.29 is 17.9 Å². The zero-order valence-electron chi connectivity index (χ0n) is 21.4. The van der Waals surface area contributed by atoms with E-state index in [1.54, 1.807) is 40.6 Å². The predicted molar refractivity (Wildman–Crippen MR) is 150 cm³/mol. The van der Waals surface area contributed by atoms with E-state index >= 15 is 0 Å². The number of benzene rings is 2. The molecule has 1 amide bonds. The second-order valence-corrected chi connectivity index (χ2v) is 12.7. The van der Waals surface area contributed by atoms with Crippen LogP contribution in [0.4, 0.5) is 5.13 Å². The Morgan fingerprint density at radius 2 is 1.73 bits per heavy atom. The zero-order chi connectivity index (χ0) is 26.6. The third kappa shape index (κ3) is 6.26. The first kappa shape index (κ1) is 27.8. The monoisotopic (exact) mass is 564 g/mol. The van der Waals surface area contributed by atoms with Crippen LogP contribution in [0.5, 0.6) is 5.75 Å². The molecule has 0 aliphatic carbocycles. The molecule has 0 spiro atoms. The Morgan fingerprint density at radius 1 is 1.05 bits per heavy atom. The lowest BCUT2D eigenvalue weighted by molar-refractivity contribution is 0.0986. The van der Waals surface area contributed by atoms with Crippen molar-refractivity contribution in [3.63, 3.8) is 0 Å². The van der Waals surface area contributed by atoms with Crippen molar-refractivity contribution in [2.24, 2.45) is 0 Å². The zero-order valence-corrected chi connectivity index (χ0v) is 23.8. The number of halogens is 1. The smallest absolute Gasteiger partial charge is 0.260 e. The number of anilines is 1. The number of amides is 1. The molecule has 1 aliphatic rings. The highest BCUT2D eigenvalue weighted by Crippen LogP contribution is 2.39. The lowest BCUT2D eigenvalue weighted by Crippen LogP contribution is -2.34. The Labute approximate surface area is 227 Å². The summed E-state index contributed by atoms with van der Waals surface area (Å²) in [6.07, 6.45) is 4.57. The van der Waals surface area contributed by atoms with E-state index in [0.29, 0.717) is 46.6 Å². The standard InChI is InChI=1S/C26H33ClN4O4S2/c1-29(2)15-8-18-31(26-28-23-22(35-3)14-13-21(27)24(23)36-26)25(32)19-9-11-20(12-10-19)37(33,34)30-16-6-4-5-7-17-30/h9-14H,4-8,15-18H2,1-3H3. The first-order valence-corrected chi connectivity index (χ1v) is 15.1. The van der Waals surface area contributed by atoms with E-state index in [4.69, 9.17) is 21.3 Å². The fraction of sp³-hybridized carbons (Fsp3) is 0.462. The molecule has 1 aliphatic heterocycles. The molecule has 1 fully saturated rings. The number of rotatable bonds is 9. The molecule has 3 aromatic rings. The average molecular weight is 565 g/mol. The molecule has 11 heteroatoms. The summed E-state index contributed by atoms with van der Waals surface area (Å²) < 4.78 is 34.1. The fourth-order valence-electron chi connectivity index (χ4n) is 4.41. The maximum absolute atomic E-state index is 13.7. The minimum atomic E-state index is -3.59. The largest absolute Gasteiger partial charge is 0.494 e. The van der Waals surface area contributed by atoms with Gasteiger partial charge in [-0.2, -0.15) is 4.31 Å². The van der Waals surface area contributed by atoms with Gasteiger partial charge in [0.05, 0.1) is 21.7 Å². The van der Waals surface area contributed by atoms with Gasteiger partial charge in [-0.15, -0.1) is 0 Å². The Balaban J connectivity index is 1.64. The predicted octanol–water partition coefficient (Wildman–Crippen LogP) is 5.12. The Kier molecular flexibility index (Phi) is 9.07. The number of sulfonamides is 1. The lowest BCUT2D eigenvalue weighted by Gasteiger charge is -2.22. The van der Waals surface area contributed by atoms with E-state index in [9.17, 15) is 13.2 Å². The van der Waals surface area contributed by atoms with Crippen molar-refractivity contribution in [3.05, 3.63) is 47.0 Å². The average Bonchev–Trinajstić information content (AvgIpc) is 3.14. The number of fused-ring (bicyclic) bond motifs is 1. The quantitative estimate of drug-likeness (QED) is 0.359. The molecule has 0 atom stereocenters. The van der Waals surface area contributed by atoms with E-state index < -0.39 is 10.0 Å². The summed E-state index contributed by atoms with van der Waals surface area (Å²) in [4.78, 5) is 22.3. The molecule has 2 aromatic carbocycles. The molecule has 0 radical (unpaired) electrons. The van der Waals surface area contributed by atoms with Crippen LogP contribution < -0.4 is 9.64 Å².